The van der Waals surface area contributed by atoms with Crippen LogP contribution in [0.1, 0.15) is 27.2 Å². The molecular weight excluding hydrogens is 387 g/mol. The van der Waals surface area contributed by atoms with E-state index in [9.17, 15) is 9.18 Å². The summed E-state index contributed by atoms with van der Waals surface area (Å²) in [4.78, 5) is 15.2. The standard InChI is InChI=1S/C23H23FN2O2S/c1-16-13-19(25-23(27)22-3-2-12-29-22)8-9-21(16)28-20-10-11-26(15-20)14-17-4-6-18(24)7-5-17/h2-9,12-13,20H,10-11,14-15H2,1H3,(H,25,27). The summed E-state index contributed by atoms with van der Waals surface area (Å²) >= 11 is 1.42. The van der Waals surface area contributed by atoms with Crippen molar-refractivity contribution in [1.82, 2.24) is 4.90 Å². The highest BCUT2D eigenvalue weighted by Gasteiger charge is 2.24. The number of thiophene rings is 1. The fourth-order valence-corrected chi connectivity index (χ4v) is 4.14. The number of likely N-dealkylation sites (tertiary alicyclic amines) is 1. The number of hydrogen-bond acceptors (Lipinski definition) is 4. The van der Waals surface area contributed by atoms with E-state index in [0.29, 0.717) is 4.88 Å². The number of rotatable bonds is 6. The number of carbonyl (C=O) groups excluding carboxylic acids is 1. The zero-order valence-corrected chi connectivity index (χ0v) is 17.0. The van der Waals surface area contributed by atoms with Crippen molar-refractivity contribution in [2.45, 2.75) is 26.0 Å². The topological polar surface area (TPSA) is 41.6 Å². The van der Waals surface area contributed by atoms with Crippen molar-refractivity contribution in [3.05, 3.63) is 81.8 Å². The number of aryl methyl sites for hydroxylation is 1. The average molecular weight is 411 g/mol. The summed E-state index contributed by atoms with van der Waals surface area (Å²) in [6, 6.07) is 16.1. The average Bonchev–Trinajstić information content (AvgIpc) is 3.38. The maximum Gasteiger partial charge on any atom is 0.265 e. The van der Waals surface area contributed by atoms with Crippen LogP contribution in [-0.2, 0) is 6.54 Å². The van der Waals surface area contributed by atoms with E-state index in [4.69, 9.17) is 4.74 Å². The van der Waals surface area contributed by atoms with Crippen LogP contribution in [0.4, 0.5) is 10.1 Å². The van der Waals surface area contributed by atoms with E-state index >= 15 is 0 Å². The van der Waals surface area contributed by atoms with Crippen LogP contribution < -0.4 is 10.1 Å². The Morgan fingerprint density at radius 1 is 1.24 bits per heavy atom. The van der Waals surface area contributed by atoms with E-state index in [0.717, 1.165) is 48.6 Å². The lowest BCUT2D eigenvalue weighted by Gasteiger charge is -2.18. The SMILES string of the molecule is Cc1cc(NC(=O)c2cccs2)ccc1OC1CCN(Cc2ccc(F)cc2)C1. The molecule has 150 valence electrons. The number of halogens is 1. The first-order valence-electron chi connectivity index (χ1n) is 9.66. The fourth-order valence-electron chi connectivity index (χ4n) is 3.52. The Morgan fingerprint density at radius 3 is 2.79 bits per heavy atom. The second kappa shape index (κ2) is 8.76. The van der Waals surface area contributed by atoms with E-state index in [1.807, 2.05) is 54.8 Å². The highest BCUT2D eigenvalue weighted by Crippen LogP contribution is 2.26. The van der Waals surface area contributed by atoms with Gasteiger partial charge in [-0.3, -0.25) is 9.69 Å². The number of carbonyl (C=O) groups is 1. The summed E-state index contributed by atoms with van der Waals surface area (Å²) in [6.07, 6.45) is 1.08. The molecule has 1 amide bonds. The van der Waals surface area contributed by atoms with Gasteiger partial charge in [-0.15, -0.1) is 11.3 Å². The smallest absolute Gasteiger partial charge is 0.265 e. The molecule has 0 bridgehead atoms. The van der Waals surface area contributed by atoms with Crippen molar-refractivity contribution in [2.75, 3.05) is 18.4 Å². The van der Waals surface area contributed by atoms with Crippen molar-refractivity contribution in [2.24, 2.45) is 0 Å². The molecule has 2 aromatic carbocycles. The summed E-state index contributed by atoms with van der Waals surface area (Å²) in [5.74, 6) is 0.537. The van der Waals surface area contributed by atoms with Gasteiger partial charge in [-0.2, -0.15) is 0 Å². The summed E-state index contributed by atoms with van der Waals surface area (Å²) in [5, 5.41) is 4.81. The molecule has 0 spiro atoms. The number of benzene rings is 2. The van der Waals surface area contributed by atoms with Crippen molar-refractivity contribution < 1.29 is 13.9 Å². The predicted molar refractivity (Wildman–Crippen MR) is 114 cm³/mol. The fraction of sp³-hybridized carbons (Fsp3) is 0.261. The quantitative estimate of drug-likeness (QED) is 0.615. The lowest BCUT2D eigenvalue weighted by atomic mass is 10.2. The number of anilines is 1. The molecule has 1 aliphatic heterocycles. The molecule has 1 atom stereocenters. The molecule has 0 saturated carbocycles. The van der Waals surface area contributed by atoms with Crippen LogP contribution in [0.5, 0.6) is 5.75 Å². The van der Waals surface area contributed by atoms with E-state index in [-0.39, 0.29) is 17.8 Å². The molecule has 2 heterocycles. The van der Waals surface area contributed by atoms with Crippen LogP contribution >= 0.6 is 11.3 Å². The van der Waals surface area contributed by atoms with Crippen LogP contribution in [0.2, 0.25) is 0 Å². The van der Waals surface area contributed by atoms with Crippen LogP contribution in [-0.4, -0.2) is 30.0 Å². The Kier molecular flexibility index (Phi) is 5.92. The minimum absolute atomic E-state index is 0.0969. The Bertz CT molecular complexity index is 973. The van der Waals surface area contributed by atoms with Crippen LogP contribution in [0.3, 0.4) is 0 Å². The van der Waals surface area contributed by atoms with Gasteiger partial charge < -0.3 is 10.1 Å². The van der Waals surface area contributed by atoms with Gasteiger partial charge in [0.15, 0.2) is 0 Å². The first-order chi connectivity index (χ1) is 14.1. The molecule has 1 unspecified atom stereocenters. The van der Waals surface area contributed by atoms with Gasteiger partial charge >= 0.3 is 0 Å². The highest BCUT2D eigenvalue weighted by atomic mass is 32.1. The summed E-state index contributed by atoms with van der Waals surface area (Å²) < 4.78 is 19.3. The first kappa shape index (κ1) is 19.6. The molecule has 1 aromatic heterocycles. The molecule has 0 aliphatic carbocycles. The van der Waals surface area contributed by atoms with Gasteiger partial charge in [0.1, 0.15) is 17.7 Å². The van der Waals surface area contributed by atoms with Gasteiger partial charge in [-0.1, -0.05) is 18.2 Å². The summed E-state index contributed by atoms with van der Waals surface area (Å²) in [5.41, 5.74) is 2.86. The molecule has 0 radical (unpaired) electrons. The second-order valence-electron chi connectivity index (χ2n) is 7.30. The first-order valence-corrected chi connectivity index (χ1v) is 10.5. The molecule has 4 rings (SSSR count). The van der Waals surface area contributed by atoms with Crippen molar-refractivity contribution in [1.29, 1.82) is 0 Å². The van der Waals surface area contributed by atoms with Crippen LogP contribution in [0.25, 0.3) is 0 Å². The summed E-state index contributed by atoms with van der Waals surface area (Å²) in [7, 11) is 0. The molecule has 1 fully saturated rings. The zero-order chi connectivity index (χ0) is 20.2. The van der Waals surface area contributed by atoms with E-state index < -0.39 is 0 Å². The van der Waals surface area contributed by atoms with Crippen molar-refractivity contribution in [3.8, 4) is 5.75 Å². The van der Waals surface area contributed by atoms with E-state index in [1.165, 1.54) is 23.5 Å². The monoisotopic (exact) mass is 410 g/mol. The number of hydrogen-bond donors (Lipinski definition) is 1. The Morgan fingerprint density at radius 2 is 2.07 bits per heavy atom. The van der Waals surface area contributed by atoms with E-state index in [2.05, 4.69) is 10.2 Å². The van der Waals surface area contributed by atoms with Crippen LogP contribution in [0.15, 0.2) is 60.0 Å². The number of nitrogens with one attached hydrogen (secondary N) is 1. The van der Waals surface area contributed by atoms with Gasteiger partial charge in [-0.05, 0) is 66.2 Å². The molecular formula is C23H23FN2O2S. The number of ether oxygens (including phenoxy) is 1. The number of nitrogens with zero attached hydrogens (tertiary/aromatic N) is 1. The molecule has 29 heavy (non-hydrogen) atoms. The molecule has 1 N–H and O–H groups in total. The Labute approximate surface area is 173 Å². The van der Waals surface area contributed by atoms with Crippen molar-refractivity contribution in [3.63, 3.8) is 0 Å². The van der Waals surface area contributed by atoms with Gasteiger partial charge in [-0.25, -0.2) is 4.39 Å². The highest BCUT2D eigenvalue weighted by molar-refractivity contribution is 7.12. The predicted octanol–water partition coefficient (Wildman–Crippen LogP) is 5.10. The van der Waals surface area contributed by atoms with E-state index in [1.54, 1.807) is 0 Å². The maximum atomic E-state index is 13.1. The third kappa shape index (κ3) is 5.02. The molecule has 1 saturated heterocycles. The lowest BCUT2D eigenvalue weighted by molar-refractivity contribution is 0.103. The third-order valence-corrected chi connectivity index (χ3v) is 5.89. The molecule has 1 aliphatic rings. The minimum Gasteiger partial charge on any atom is -0.489 e. The zero-order valence-electron chi connectivity index (χ0n) is 16.2. The van der Waals surface area contributed by atoms with Gasteiger partial charge in [0.2, 0.25) is 0 Å². The van der Waals surface area contributed by atoms with Crippen molar-refractivity contribution >= 4 is 22.9 Å². The van der Waals surface area contributed by atoms with Gasteiger partial charge in [0.05, 0.1) is 4.88 Å². The van der Waals surface area contributed by atoms with Gasteiger partial charge in [0.25, 0.3) is 5.91 Å². The largest absolute Gasteiger partial charge is 0.489 e. The van der Waals surface area contributed by atoms with Gasteiger partial charge in [0, 0.05) is 25.3 Å². The Hall–Kier alpha value is -2.70. The lowest BCUT2D eigenvalue weighted by Crippen LogP contribution is -2.24. The Balaban J connectivity index is 1.32. The maximum absolute atomic E-state index is 13.1. The third-order valence-electron chi connectivity index (χ3n) is 5.02. The summed E-state index contributed by atoms with van der Waals surface area (Å²) in [6.45, 7) is 4.58. The normalized spacial score (nSPS) is 16.7. The van der Waals surface area contributed by atoms with Crippen LogP contribution in [0, 0.1) is 12.7 Å². The number of amides is 1. The minimum atomic E-state index is -0.207. The molecule has 3 aromatic rings. The molecule has 4 nitrogen and oxygen atoms in total. The molecule has 6 heteroatoms. The second-order valence-corrected chi connectivity index (χ2v) is 8.25.